The largest absolute Gasteiger partial charge is 0.870 e. The van der Waals surface area contributed by atoms with Gasteiger partial charge in [-0.3, -0.25) is 9.59 Å². The third kappa shape index (κ3) is 7.82. The molecule has 0 unspecified atom stereocenters. The van der Waals surface area contributed by atoms with Crippen molar-refractivity contribution in [2.45, 2.75) is 26.1 Å². The van der Waals surface area contributed by atoms with Gasteiger partial charge in [-0.15, -0.1) is 0 Å². The third-order valence-corrected chi connectivity index (χ3v) is 3.44. The van der Waals surface area contributed by atoms with Crippen LogP contribution in [-0.4, -0.2) is 22.8 Å². The van der Waals surface area contributed by atoms with Gasteiger partial charge in [-0.2, -0.15) is 0 Å². The monoisotopic (exact) mass is 397 g/mol. The van der Waals surface area contributed by atoms with Gasteiger partial charge in [0.1, 0.15) is 6.04 Å². The van der Waals surface area contributed by atoms with Gasteiger partial charge in [0.25, 0.3) is 0 Å². The van der Waals surface area contributed by atoms with Crippen molar-refractivity contribution in [2.75, 3.05) is 0 Å². The molecular formula is C18H24N3O4V-. The van der Waals surface area contributed by atoms with Gasteiger partial charge < -0.3 is 27.3 Å². The number of carbonyl (C=O) groups is 2. The number of hydrogen-bond acceptors (Lipinski definition) is 4. The number of nitrogens with one attached hydrogen (secondary N) is 2. The van der Waals surface area contributed by atoms with E-state index in [0.29, 0.717) is 13.1 Å². The van der Waals surface area contributed by atoms with Crippen molar-refractivity contribution in [2.24, 2.45) is 5.73 Å². The number of carbonyl (C=O) groups excluding carboxylic acids is 2. The van der Waals surface area contributed by atoms with Gasteiger partial charge in [-0.05, 0) is 16.7 Å². The number of rotatable bonds is 6. The zero-order valence-electron chi connectivity index (χ0n) is 14.5. The molecule has 0 heterocycles. The van der Waals surface area contributed by atoms with Gasteiger partial charge >= 0.3 is 0 Å². The van der Waals surface area contributed by atoms with Crippen molar-refractivity contribution in [1.82, 2.24) is 10.6 Å². The van der Waals surface area contributed by atoms with E-state index in [4.69, 9.17) is 5.73 Å². The van der Waals surface area contributed by atoms with Crippen LogP contribution >= 0.6 is 0 Å². The number of nitrogens with two attached hydrogens (primary N) is 1. The van der Waals surface area contributed by atoms with Crippen LogP contribution in [0.3, 0.4) is 0 Å². The summed E-state index contributed by atoms with van der Waals surface area (Å²) in [5, 5.41) is 5.54. The van der Waals surface area contributed by atoms with Crippen LogP contribution in [-0.2, 0) is 41.2 Å². The second kappa shape index (κ2) is 13.1. The molecule has 0 spiro atoms. The summed E-state index contributed by atoms with van der Waals surface area (Å²) in [4.78, 5) is 23.8. The first-order chi connectivity index (χ1) is 11.1. The molecule has 7 N–H and O–H groups in total. The maximum atomic E-state index is 12.5. The van der Waals surface area contributed by atoms with Gasteiger partial charge in [0.15, 0.2) is 0 Å². The van der Waals surface area contributed by atoms with Crippen LogP contribution in [0.4, 0.5) is 0 Å². The summed E-state index contributed by atoms with van der Waals surface area (Å²) < 4.78 is 0. The van der Waals surface area contributed by atoms with E-state index in [-0.39, 0.29) is 41.3 Å². The molecule has 2 aromatic carbocycles. The minimum atomic E-state index is -0.702. The Balaban J connectivity index is 0. The molecule has 0 aliphatic heterocycles. The maximum absolute atomic E-state index is 12.5. The molecule has 1 atom stereocenters. The van der Waals surface area contributed by atoms with Gasteiger partial charge in [0.05, 0.1) is 0 Å². The number of benzene rings is 2. The fraction of sp³-hybridized carbons (Fsp3) is 0.222. The fourth-order valence-electron chi connectivity index (χ4n) is 2.31. The molecule has 0 aromatic heterocycles. The summed E-state index contributed by atoms with van der Waals surface area (Å²) in [6.07, 6.45) is 0. The first-order valence-electron chi connectivity index (χ1n) is 7.48. The summed E-state index contributed by atoms with van der Waals surface area (Å²) in [5.41, 5.74) is 8.35. The molecule has 0 bridgehead atoms. The van der Waals surface area contributed by atoms with Crippen LogP contribution in [0.15, 0.2) is 54.6 Å². The van der Waals surface area contributed by atoms with Crippen LogP contribution in [0.1, 0.15) is 29.7 Å². The Bertz CT molecular complexity index is 683. The Labute approximate surface area is 164 Å². The molecule has 8 heteroatoms. The molecule has 7 nitrogen and oxygen atoms in total. The van der Waals surface area contributed by atoms with Gasteiger partial charge in [-0.1, -0.05) is 54.6 Å². The molecule has 26 heavy (non-hydrogen) atoms. The zero-order valence-corrected chi connectivity index (χ0v) is 15.9. The molecule has 1 radical (unpaired) electrons. The predicted octanol–water partition coefficient (Wildman–Crippen LogP) is 0.635. The molecule has 2 aromatic rings. The molecule has 0 saturated carbocycles. The molecule has 2 rings (SSSR count). The van der Waals surface area contributed by atoms with E-state index in [1.807, 2.05) is 54.6 Å². The Kier molecular flexibility index (Phi) is 13.1. The van der Waals surface area contributed by atoms with Crippen LogP contribution in [0.5, 0.6) is 0 Å². The van der Waals surface area contributed by atoms with E-state index in [9.17, 15) is 9.59 Å². The SMILES string of the molecule is CC(=O)N[C@H](C(=O)NCc1cccc(CN)c1)c1ccccc1.O.[OH-].[V]. The zero-order chi connectivity index (χ0) is 16.7. The molecule has 141 valence electrons. The van der Waals surface area contributed by atoms with E-state index < -0.39 is 6.04 Å². The van der Waals surface area contributed by atoms with Crippen molar-refractivity contribution >= 4 is 11.8 Å². The first kappa shape index (κ1) is 26.1. The fourth-order valence-corrected chi connectivity index (χ4v) is 2.31. The van der Waals surface area contributed by atoms with E-state index >= 15 is 0 Å². The minimum Gasteiger partial charge on any atom is -0.870 e. The molecule has 2 amide bonds. The topological polar surface area (TPSA) is 146 Å². The Morgan fingerprint density at radius 1 is 1.04 bits per heavy atom. The van der Waals surface area contributed by atoms with Gasteiger partial charge in [-0.25, -0.2) is 0 Å². The third-order valence-electron chi connectivity index (χ3n) is 3.44. The number of amides is 2. The first-order valence-corrected chi connectivity index (χ1v) is 7.48. The molecular weight excluding hydrogens is 373 g/mol. The van der Waals surface area contributed by atoms with Gasteiger partial charge in [0, 0.05) is 38.6 Å². The van der Waals surface area contributed by atoms with Crippen LogP contribution in [0.25, 0.3) is 0 Å². The molecule has 0 saturated heterocycles. The molecule has 0 aliphatic carbocycles. The summed E-state index contributed by atoms with van der Waals surface area (Å²) >= 11 is 0. The average Bonchev–Trinajstić information content (AvgIpc) is 2.58. The summed E-state index contributed by atoms with van der Waals surface area (Å²) in [6.45, 7) is 2.24. The second-order valence-electron chi connectivity index (χ2n) is 5.29. The summed E-state index contributed by atoms with van der Waals surface area (Å²) in [6, 6.07) is 16.2. The quantitative estimate of drug-likeness (QED) is 0.656. The maximum Gasteiger partial charge on any atom is 0.247 e. The number of hydrogen-bond donors (Lipinski definition) is 3. The standard InChI is InChI=1S/C18H21N3O2.2H2O.V/c1-13(22)21-17(16-8-3-2-4-9-16)18(23)20-12-15-7-5-6-14(10-15)11-19;;;/h2-10,17H,11-12,19H2,1H3,(H,20,23)(H,21,22);2*1H2;/p-1/t17-;;;/m0.../s1. The Hall–Kier alpha value is -2.16. The van der Waals surface area contributed by atoms with Crippen LogP contribution in [0.2, 0.25) is 0 Å². The average molecular weight is 397 g/mol. The molecule has 0 fully saturated rings. The predicted molar refractivity (Wildman–Crippen MR) is 94.7 cm³/mol. The van der Waals surface area contributed by atoms with Crippen LogP contribution < -0.4 is 16.4 Å². The van der Waals surface area contributed by atoms with Crippen molar-refractivity contribution in [3.8, 4) is 0 Å². The van der Waals surface area contributed by atoms with Crippen LogP contribution in [0, 0.1) is 0 Å². The second-order valence-corrected chi connectivity index (χ2v) is 5.29. The van der Waals surface area contributed by atoms with Crippen molar-refractivity contribution in [3.63, 3.8) is 0 Å². The van der Waals surface area contributed by atoms with Crippen molar-refractivity contribution in [1.29, 1.82) is 0 Å². The smallest absolute Gasteiger partial charge is 0.247 e. The Morgan fingerprint density at radius 2 is 1.65 bits per heavy atom. The summed E-state index contributed by atoms with van der Waals surface area (Å²) in [5.74, 6) is -0.497. The summed E-state index contributed by atoms with van der Waals surface area (Å²) in [7, 11) is 0. The van der Waals surface area contributed by atoms with E-state index in [1.54, 1.807) is 0 Å². The molecule has 0 aliphatic rings. The van der Waals surface area contributed by atoms with E-state index in [0.717, 1.165) is 16.7 Å². The Morgan fingerprint density at radius 3 is 2.23 bits per heavy atom. The minimum absolute atomic E-state index is 0. The van der Waals surface area contributed by atoms with E-state index in [2.05, 4.69) is 10.6 Å². The van der Waals surface area contributed by atoms with Crippen molar-refractivity contribution < 1.29 is 39.1 Å². The van der Waals surface area contributed by atoms with E-state index in [1.165, 1.54) is 6.92 Å². The normalized spacial score (nSPS) is 10.2. The van der Waals surface area contributed by atoms with Crippen molar-refractivity contribution in [3.05, 3.63) is 71.3 Å². The van der Waals surface area contributed by atoms with Gasteiger partial charge in [0.2, 0.25) is 11.8 Å².